The zero-order chi connectivity index (χ0) is 15.4. The van der Waals surface area contributed by atoms with Gasteiger partial charge < -0.3 is 10.1 Å². The molecular weight excluding hydrogens is 333 g/mol. The fourth-order valence-corrected chi connectivity index (χ4v) is 3.35. The van der Waals surface area contributed by atoms with E-state index in [9.17, 15) is 4.39 Å². The second-order valence-electron chi connectivity index (χ2n) is 5.12. The minimum atomic E-state index is -0.305. The van der Waals surface area contributed by atoms with Crippen LogP contribution in [0, 0.1) is 5.82 Å². The molecule has 0 saturated heterocycles. The van der Waals surface area contributed by atoms with Gasteiger partial charge in [0.1, 0.15) is 6.10 Å². The Hall–Kier alpha value is -1.62. The van der Waals surface area contributed by atoms with Crippen LogP contribution in [0.1, 0.15) is 18.1 Å². The topological polar surface area (TPSA) is 21.3 Å². The Bertz CT molecular complexity index is 747. The molecule has 0 fully saturated rings. The fraction of sp³-hybridized carbons (Fsp3) is 0.222. The molecule has 0 aliphatic carbocycles. The highest BCUT2D eigenvalue weighted by Crippen LogP contribution is 2.36. The molecular formula is C18H19ClFNOS. The van der Waals surface area contributed by atoms with E-state index >= 15 is 0 Å². The van der Waals surface area contributed by atoms with E-state index in [1.807, 2.05) is 48.8 Å². The monoisotopic (exact) mass is 351 g/mol. The predicted octanol–water partition coefficient (Wildman–Crippen LogP) is 5.19. The van der Waals surface area contributed by atoms with Gasteiger partial charge in [0, 0.05) is 6.42 Å². The first-order valence-electron chi connectivity index (χ1n) is 7.31. The Morgan fingerprint density at radius 1 is 1.13 bits per heavy atom. The molecule has 23 heavy (non-hydrogen) atoms. The molecule has 122 valence electrons. The van der Waals surface area contributed by atoms with Gasteiger partial charge in [0.2, 0.25) is 0 Å². The van der Waals surface area contributed by atoms with Gasteiger partial charge in [-0.15, -0.1) is 23.7 Å². The molecule has 0 unspecified atom stereocenters. The van der Waals surface area contributed by atoms with Gasteiger partial charge in [-0.25, -0.2) is 4.39 Å². The van der Waals surface area contributed by atoms with Crippen molar-refractivity contribution in [3.05, 3.63) is 65.3 Å². The second-order valence-corrected chi connectivity index (χ2v) is 6.04. The number of fused-ring (bicyclic) bond motifs is 1. The van der Waals surface area contributed by atoms with Crippen LogP contribution < -0.4 is 10.1 Å². The molecule has 0 saturated carbocycles. The normalized spacial score (nSPS) is 11.9. The number of rotatable bonds is 6. The van der Waals surface area contributed by atoms with Gasteiger partial charge in [-0.05, 0) is 42.1 Å². The summed E-state index contributed by atoms with van der Waals surface area (Å²) >= 11 is 1.51. The molecule has 0 aliphatic rings. The van der Waals surface area contributed by atoms with E-state index in [1.165, 1.54) is 17.4 Å². The molecule has 1 N–H and O–H groups in total. The lowest BCUT2D eigenvalue weighted by Gasteiger charge is -2.20. The maximum Gasteiger partial charge on any atom is 0.173 e. The van der Waals surface area contributed by atoms with E-state index in [2.05, 4.69) is 5.32 Å². The lowest BCUT2D eigenvalue weighted by molar-refractivity contribution is 0.189. The van der Waals surface area contributed by atoms with Crippen molar-refractivity contribution in [2.75, 3.05) is 13.6 Å². The Morgan fingerprint density at radius 3 is 2.65 bits per heavy atom. The van der Waals surface area contributed by atoms with Crippen LogP contribution in [-0.4, -0.2) is 13.6 Å². The average Bonchev–Trinajstić information content (AvgIpc) is 3.03. The maximum absolute atomic E-state index is 14.3. The SMILES string of the molecule is CNCC[C@H](Oc1c(F)ccc2ccsc12)c1ccccc1.Cl. The van der Waals surface area contributed by atoms with Crippen LogP contribution in [0.2, 0.25) is 0 Å². The van der Waals surface area contributed by atoms with Gasteiger partial charge >= 0.3 is 0 Å². The third kappa shape index (κ3) is 4.02. The summed E-state index contributed by atoms with van der Waals surface area (Å²) in [7, 11) is 1.91. The molecule has 0 radical (unpaired) electrons. The van der Waals surface area contributed by atoms with Crippen molar-refractivity contribution in [3.63, 3.8) is 0 Å². The summed E-state index contributed by atoms with van der Waals surface area (Å²) in [6, 6.07) is 15.2. The van der Waals surface area contributed by atoms with Crippen molar-refractivity contribution in [1.82, 2.24) is 5.32 Å². The number of nitrogens with one attached hydrogen (secondary N) is 1. The first-order valence-corrected chi connectivity index (χ1v) is 8.19. The highest BCUT2D eigenvalue weighted by molar-refractivity contribution is 7.17. The molecule has 3 rings (SSSR count). The predicted molar refractivity (Wildman–Crippen MR) is 97.4 cm³/mol. The van der Waals surface area contributed by atoms with Gasteiger partial charge in [-0.2, -0.15) is 0 Å². The molecule has 2 aromatic carbocycles. The van der Waals surface area contributed by atoms with Crippen molar-refractivity contribution < 1.29 is 9.13 Å². The summed E-state index contributed by atoms with van der Waals surface area (Å²) < 4.78 is 21.2. The lowest BCUT2D eigenvalue weighted by Crippen LogP contribution is -2.16. The Labute approximate surface area is 145 Å². The molecule has 2 nitrogen and oxygen atoms in total. The molecule has 0 aliphatic heterocycles. The third-order valence-electron chi connectivity index (χ3n) is 3.62. The van der Waals surface area contributed by atoms with Crippen molar-refractivity contribution in [2.45, 2.75) is 12.5 Å². The zero-order valence-electron chi connectivity index (χ0n) is 12.8. The highest BCUT2D eigenvalue weighted by atomic mass is 35.5. The maximum atomic E-state index is 14.3. The molecule has 0 bridgehead atoms. The molecule has 1 aromatic heterocycles. The van der Waals surface area contributed by atoms with Crippen molar-refractivity contribution in [2.24, 2.45) is 0 Å². The lowest BCUT2D eigenvalue weighted by atomic mass is 10.1. The van der Waals surface area contributed by atoms with E-state index in [0.717, 1.165) is 28.6 Å². The number of halogens is 2. The summed E-state index contributed by atoms with van der Waals surface area (Å²) in [5, 5.41) is 6.11. The summed E-state index contributed by atoms with van der Waals surface area (Å²) in [5.41, 5.74) is 1.06. The zero-order valence-corrected chi connectivity index (χ0v) is 14.4. The molecule has 1 atom stereocenters. The minimum Gasteiger partial charge on any atom is -0.481 e. The Kier molecular flexibility index (Phi) is 6.39. The number of hydrogen-bond acceptors (Lipinski definition) is 3. The average molecular weight is 352 g/mol. The summed E-state index contributed by atoms with van der Waals surface area (Å²) in [6.45, 7) is 0.807. The van der Waals surface area contributed by atoms with Gasteiger partial charge in [-0.1, -0.05) is 36.4 Å². The first kappa shape index (κ1) is 17.7. The van der Waals surface area contributed by atoms with E-state index in [0.29, 0.717) is 5.75 Å². The van der Waals surface area contributed by atoms with Gasteiger partial charge in [0.25, 0.3) is 0 Å². The molecule has 1 heterocycles. The molecule has 0 amide bonds. The quantitative estimate of drug-likeness (QED) is 0.659. The molecule has 5 heteroatoms. The van der Waals surface area contributed by atoms with Crippen LogP contribution in [-0.2, 0) is 0 Å². The smallest absolute Gasteiger partial charge is 0.173 e. The van der Waals surface area contributed by atoms with E-state index in [1.54, 1.807) is 6.07 Å². The fourth-order valence-electron chi connectivity index (χ4n) is 2.47. The van der Waals surface area contributed by atoms with E-state index < -0.39 is 0 Å². The number of thiophene rings is 1. The number of hydrogen-bond donors (Lipinski definition) is 1. The van der Waals surface area contributed by atoms with Gasteiger partial charge in [0.05, 0.1) is 4.70 Å². The van der Waals surface area contributed by atoms with E-state index in [-0.39, 0.29) is 24.3 Å². The summed E-state index contributed by atoms with van der Waals surface area (Å²) in [5.74, 6) is 0.0535. The largest absolute Gasteiger partial charge is 0.481 e. The van der Waals surface area contributed by atoms with Crippen LogP contribution in [0.25, 0.3) is 10.1 Å². The summed E-state index contributed by atoms with van der Waals surface area (Å²) in [4.78, 5) is 0. The minimum absolute atomic E-state index is 0. The second kappa shape index (κ2) is 8.29. The standard InChI is InChI=1S/C18H18FNOS.ClH/c1-20-11-9-16(13-5-3-2-4-6-13)21-17-15(19)8-7-14-10-12-22-18(14)17;/h2-8,10,12,16,20H,9,11H2,1H3;1H/t16-;/m0./s1. The highest BCUT2D eigenvalue weighted by Gasteiger charge is 2.18. The number of benzene rings is 2. The Balaban J connectivity index is 0.00000192. The van der Waals surface area contributed by atoms with E-state index in [4.69, 9.17) is 4.74 Å². The van der Waals surface area contributed by atoms with Crippen LogP contribution in [0.4, 0.5) is 4.39 Å². The third-order valence-corrected chi connectivity index (χ3v) is 4.55. The van der Waals surface area contributed by atoms with Gasteiger partial charge in [-0.3, -0.25) is 0 Å². The van der Waals surface area contributed by atoms with Crippen LogP contribution in [0.3, 0.4) is 0 Å². The Morgan fingerprint density at radius 2 is 1.91 bits per heavy atom. The van der Waals surface area contributed by atoms with Crippen LogP contribution in [0.5, 0.6) is 5.75 Å². The summed E-state index contributed by atoms with van der Waals surface area (Å²) in [6.07, 6.45) is 0.609. The molecule has 0 spiro atoms. The molecule has 3 aromatic rings. The van der Waals surface area contributed by atoms with Gasteiger partial charge in [0.15, 0.2) is 11.6 Å². The van der Waals surface area contributed by atoms with Crippen molar-refractivity contribution in [3.8, 4) is 5.75 Å². The van der Waals surface area contributed by atoms with Crippen molar-refractivity contribution >= 4 is 33.8 Å². The van der Waals surface area contributed by atoms with Crippen LogP contribution >= 0.6 is 23.7 Å². The van der Waals surface area contributed by atoms with Crippen molar-refractivity contribution in [1.29, 1.82) is 0 Å². The number of ether oxygens (including phenoxy) is 1. The van der Waals surface area contributed by atoms with Crippen LogP contribution in [0.15, 0.2) is 53.9 Å². The first-order chi connectivity index (χ1) is 10.8.